The third-order valence-corrected chi connectivity index (χ3v) is 2.69. The summed E-state index contributed by atoms with van der Waals surface area (Å²) in [7, 11) is 0. The Morgan fingerprint density at radius 1 is 1.64 bits per heavy atom. The van der Waals surface area contributed by atoms with Crippen molar-refractivity contribution >= 4 is 5.97 Å². The Morgan fingerprint density at radius 2 is 2.29 bits per heavy atom. The van der Waals surface area contributed by atoms with Gasteiger partial charge in [-0.25, -0.2) is 4.79 Å². The lowest BCUT2D eigenvalue weighted by atomic mass is 10.0. The number of fused-ring (bicyclic) bond motifs is 2. The molecule has 1 fully saturated rings. The zero-order valence-corrected chi connectivity index (χ0v) is 8.44. The van der Waals surface area contributed by atoms with Crippen molar-refractivity contribution in [3.8, 4) is 0 Å². The number of carbonyl (C=O) groups is 1. The van der Waals surface area contributed by atoms with Crippen LogP contribution in [0.1, 0.15) is 19.8 Å². The normalized spacial score (nSPS) is 29.9. The lowest BCUT2D eigenvalue weighted by Gasteiger charge is -2.05. The van der Waals surface area contributed by atoms with E-state index in [1.54, 1.807) is 5.57 Å². The summed E-state index contributed by atoms with van der Waals surface area (Å²) in [5.74, 6) is 0.756. The summed E-state index contributed by atoms with van der Waals surface area (Å²) in [6, 6.07) is 0. The molecule has 2 heteroatoms. The predicted molar refractivity (Wildman–Crippen MR) is 56.9 cm³/mol. The van der Waals surface area contributed by atoms with Gasteiger partial charge in [0.25, 0.3) is 0 Å². The first-order chi connectivity index (χ1) is 6.67. The Hall–Kier alpha value is -1.31. The fourth-order valence-electron chi connectivity index (χ4n) is 1.99. The Bertz CT molecular complexity index is 287. The van der Waals surface area contributed by atoms with E-state index in [9.17, 15) is 4.79 Å². The van der Waals surface area contributed by atoms with Crippen LogP contribution in [0.5, 0.6) is 0 Å². The van der Waals surface area contributed by atoms with Gasteiger partial charge < -0.3 is 5.11 Å². The van der Waals surface area contributed by atoms with E-state index in [4.69, 9.17) is 5.11 Å². The van der Waals surface area contributed by atoms with Crippen molar-refractivity contribution in [1.82, 2.24) is 0 Å². The first-order valence-electron chi connectivity index (χ1n) is 4.86. The van der Waals surface area contributed by atoms with Gasteiger partial charge in [-0.2, -0.15) is 0 Å². The summed E-state index contributed by atoms with van der Waals surface area (Å²) in [6.07, 6.45) is 10.6. The smallest absolute Gasteiger partial charge is 0.327 e. The highest BCUT2D eigenvalue weighted by Crippen LogP contribution is 2.42. The van der Waals surface area contributed by atoms with Gasteiger partial charge in [-0.3, -0.25) is 0 Å². The summed E-state index contributed by atoms with van der Waals surface area (Å²) >= 11 is 0. The van der Waals surface area contributed by atoms with Gasteiger partial charge in [0.1, 0.15) is 0 Å². The Kier molecular flexibility index (Phi) is 3.69. The zero-order valence-electron chi connectivity index (χ0n) is 8.44. The van der Waals surface area contributed by atoms with E-state index in [2.05, 4.69) is 31.7 Å². The second-order valence-electron chi connectivity index (χ2n) is 3.60. The highest BCUT2D eigenvalue weighted by Gasteiger charge is 2.29. The molecule has 0 aliphatic heterocycles. The third kappa shape index (κ3) is 2.59. The molecule has 0 radical (unpaired) electrons. The molecule has 0 spiro atoms. The number of allylic oxidation sites excluding steroid dienone is 4. The molecular formula is C12H16O2. The number of carboxylic acid groups (broad SMARTS) is 1. The van der Waals surface area contributed by atoms with Gasteiger partial charge in [-0.1, -0.05) is 30.4 Å². The third-order valence-electron chi connectivity index (χ3n) is 2.69. The number of hydrogen-bond acceptors (Lipinski definition) is 1. The number of rotatable bonds is 1. The Labute approximate surface area is 84.6 Å². The molecule has 0 saturated heterocycles. The minimum atomic E-state index is -0.981. The van der Waals surface area contributed by atoms with Crippen LogP contribution in [0.15, 0.2) is 36.5 Å². The topological polar surface area (TPSA) is 37.3 Å². The summed E-state index contributed by atoms with van der Waals surface area (Å²) in [5.41, 5.74) is 1.67. The van der Waals surface area contributed by atoms with Crippen molar-refractivity contribution in [1.29, 1.82) is 0 Å². The molecule has 0 heterocycles. The molecule has 0 aromatic carbocycles. The first kappa shape index (κ1) is 10.8. The lowest BCUT2D eigenvalue weighted by molar-refractivity contribution is -0.131. The van der Waals surface area contributed by atoms with Crippen LogP contribution in [0.4, 0.5) is 0 Å². The average Bonchev–Trinajstić information content (AvgIpc) is 2.79. The SMILES string of the molecule is C=CC(=O)O.CC=C1CC2C=CC1C2. The van der Waals surface area contributed by atoms with Crippen molar-refractivity contribution < 1.29 is 9.90 Å². The molecule has 0 aromatic heterocycles. The van der Waals surface area contributed by atoms with E-state index in [0.717, 1.165) is 17.9 Å². The summed E-state index contributed by atoms with van der Waals surface area (Å²) in [4.78, 5) is 9.25. The maximum absolute atomic E-state index is 9.25. The fourth-order valence-corrected chi connectivity index (χ4v) is 1.99. The predicted octanol–water partition coefficient (Wildman–Crippen LogP) is 2.79. The minimum Gasteiger partial charge on any atom is -0.478 e. The molecule has 2 rings (SSSR count). The molecular weight excluding hydrogens is 176 g/mol. The van der Waals surface area contributed by atoms with Crippen LogP contribution in [0, 0.1) is 11.8 Å². The van der Waals surface area contributed by atoms with Crippen LogP contribution in [-0.2, 0) is 4.79 Å². The van der Waals surface area contributed by atoms with Gasteiger partial charge in [0.2, 0.25) is 0 Å². The molecule has 1 saturated carbocycles. The minimum absolute atomic E-state index is 0.833. The van der Waals surface area contributed by atoms with E-state index in [1.165, 1.54) is 12.8 Å². The van der Waals surface area contributed by atoms with Gasteiger partial charge in [0.15, 0.2) is 0 Å². The standard InChI is InChI=1S/C9H12.C3H4O2/c1-2-8-5-7-3-4-9(8)6-7;1-2-3(4)5/h2-4,7,9H,5-6H2,1H3;2H,1H2,(H,4,5). The summed E-state index contributed by atoms with van der Waals surface area (Å²) in [5, 5.41) is 7.60. The van der Waals surface area contributed by atoms with Crippen LogP contribution in [0.3, 0.4) is 0 Å². The molecule has 2 aliphatic rings. The van der Waals surface area contributed by atoms with Crippen molar-refractivity contribution in [2.45, 2.75) is 19.8 Å². The number of hydrogen-bond donors (Lipinski definition) is 1. The monoisotopic (exact) mass is 192 g/mol. The van der Waals surface area contributed by atoms with Crippen LogP contribution in [-0.4, -0.2) is 11.1 Å². The maximum atomic E-state index is 9.25. The molecule has 2 bridgehead atoms. The van der Waals surface area contributed by atoms with Gasteiger partial charge in [0.05, 0.1) is 0 Å². The second kappa shape index (κ2) is 4.80. The highest BCUT2D eigenvalue weighted by molar-refractivity contribution is 5.78. The van der Waals surface area contributed by atoms with Crippen LogP contribution < -0.4 is 0 Å². The summed E-state index contributed by atoms with van der Waals surface area (Å²) in [6.45, 7) is 5.12. The van der Waals surface area contributed by atoms with Gasteiger partial charge in [0, 0.05) is 6.08 Å². The van der Waals surface area contributed by atoms with Gasteiger partial charge in [-0.05, 0) is 31.6 Å². The highest BCUT2D eigenvalue weighted by atomic mass is 16.4. The van der Waals surface area contributed by atoms with Crippen molar-refractivity contribution in [2.24, 2.45) is 11.8 Å². The van der Waals surface area contributed by atoms with Crippen molar-refractivity contribution in [3.63, 3.8) is 0 Å². The van der Waals surface area contributed by atoms with E-state index < -0.39 is 5.97 Å². The van der Waals surface area contributed by atoms with E-state index in [1.807, 2.05) is 0 Å². The van der Waals surface area contributed by atoms with Gasteiger partial charge >= 0.3 is 5.97 Å². The van der Waals surface area contributed by atoms with Crippen molar-refractivity contribution in [2.75, 3.05) is 0 Å². The lowest BCUT2D eigenvalue weighted by Crippen LogP contribution is -1.90. The largest absolute Gasteiger partial charge is 0.478 e. The van der Waals surface area contributed by atoms with Gasteiger partial charge in [-0.15, -0.1) is 0 Å². The Morgan fingerprint density at radius 3 is 2.50 bits per heavy atom. The van der Waals surface area contributed by atoms with E-state index in [0.29, 0.717) is 0 Å². The zero-order chi connectivity index (χ0) is 10.6. The van der Waals surface area contributed by atoms with Crippen LogP contribution >= 0.6 is 0 Å². The van der Waals surface area contributed by atoms with E-state index >= 15 is 0 Å². The number of carboxylic acids is 1. The molecule has 2 nitrogen and oxygen atoms in total. The van der Waals surface area contributed by atoms with Crippen LogP contribution in [0.2, 0.25) is 0 Å². The molecule has 1 N–H and O–H groups in total. The van der Waals surface area contributed by atoms with Crippen LogP contribution in [0.25, 0.3) is 0 Å². The van der Waals surface area contributed by atoms with Crippen molar-refractivity contribution in [3.05, 3.63) is 36.5 Å². The quantitative estimate of drug-likeness (QED) is 0.512. The fraction of sp³-hybridized carbons (Fsp3) is 0.417. The average molecular weight is 192 g/mol. The molecule has 14 heavy (non-hydrogen) atoms. The molecule has 76 valence electrons. The molecule has 2 aliphatic carbocycles. The van der Waals surface area contributed by atoms with E-state index in [-0.39, 0.29) is 0 Å². The molecule has 0 aromatic rings. The Balaban J connectivity index is 0.000000171. The maximum Gasteiger partial charge on any atom is 0.327 e. The molecule has 2 atom stereocenters. The first-order valence-corrected chi connectivity index (χ1v) is 4.86. The summed E-state index contributed by atoms with van der Waals surface area (Å²) < 4.78 is 0. The molecule has 2 unspecified atom stereocenters. The number of aliphatic carboxylic acids is 1. The molecule has 0 amide bonds. The second-order valence-corrected chi connectivity index (χ2v) is 3.60.